The van der Waals surface area contributed by atoms with Crippen LogP contribution in [0.15, 0.2) is 47.5 Å². The molecule has 1 aromatic heterocycles. The van der Waals surface area contributed by atoms with Crippen LogP contribution >= 0.6 is 11.3 Å². The lowest BCUT2D eigenvalue weighted by molar-refractivity contribution is 0.0997. The topological polar surface area (TPSA) is 43.6 Å². The van der Waals surface area contributed by atoms with Crippen molar-refractivity contribution < 1.29 is 9.53 Å². The average molecular weight is 340 g/mol. The minimum Gasteiger partial charge on any atom is -0.497 e. The molecule has 5 heteroatoms. The molecule has 0 radical (unpaired) electrons. The van der Waals surface area contributed by atoms with Crippen LogP contribution in [0.5, 0.6) is 5.75 Å². The first-order chi connectivity index (χ1) is 11.7. The molecule has 0 aliphatic rings. The third-order valence-electron chi connectivity index (χ3n) is 4.00. The van der Waals surface area contributed by atoms with Gasteiger partial charge in [0.1, 0.15) is 5.75 Å². The van der Waals surface area contributed by atoms with Crippen molar-refractivity contribution >= 4 is 27.5 Å². The minimum absolute atomic E-state index is 0.249. The molecule has 0 atom stereocenters. The minimum atomic E-state index is -0.249. The highest BCUT2D eigenvalue weighted by atomic mass is 32.1. The summed E-state index contributed by atoms with van der Waals surface area (Å²) >= 11 is 1.56. The fourth-order valence-corrected chi connectivity index (χ4v) is 3.92. The van der Waals surface area contributed by atoms with Crippen LogP contribution in [0.4, 0.5) is 0 Å². The van der Waals surface area contributed by atoms with Crippen LogP contribution in [0.1, 0.15) is 29.8 Å². The van der Waals surface area contributed by atoms with Crippen LogP contribution in [-0.2, 0) is 13.0 Å². The predicted molar refractivity (Wildman–Crippen MR) is 97.8 cm³/mol. The number of nitrogens with zero attached hydrogens (tertiary/aromatic N) is 2. The van der Waals surface area contributed by atoms with Crippen LogP contribution in [-0.4, -0.2) is 17.6 Å². The summed E-state index contributed by atoms with van der Waals surface area (Å²) in [6.45, 7) is 5.00. The van der Waals surface area contributed by atoms with Crippen molar-refractivity contribution in [3.8, 4) is 5.75 Å². The Bertz CT molecular complexity index is 953. The van der Waals surface area contributed by atoms with Crippen LogP contribution in [0.3, 0.4) is 0 Å². The van der Waals surface area contributed by atoms with Gasteiger partial charge in [0.15, 0.2) is 4.80 Å². The second kappa shape index (κ2) is 7.01. The van der Waals surface area contributed by atoms with E-state index in [0.29, 0.717) is 11.3 Å². The van der Waals surface area contributed by atoms with Crippen molar-refractivity contribution in [1.29, 1.82) is 0 Å². The first-order valence-electron chi connectivity index (χ1n) is 8.02. The first-order valence-corrected chi connectivity index (χ1v) is 8.84. The summed E-state index contributed by atoms with van der Waals surface area (Å²) in [5.74, 6) is 0.407. The number of rotatable bonds is 4. The van der Waals surface area contributed by atoms with Gasteiger partial charge in [-0.05, 0) is 43.2 Å². The maximum absolute atomic E-state index is 12.6. The second-order valence-electron chi connectivity index (χ2n) is 5.40. The Labute approximate surface area is 145 Å². The number of carbonyl (C=O) groups excluding carboxylic acids is 1. The van der Waals surface area contributed by atoms with Crippen molar-refractivity contribution in [2.24, 2.45) is 4.99 Å². The van der Waals surface area contributed by atoms with Gasteiger partial charge in [-0.25, -0.2) is 0 Å². The number of aryl methyl sites for hydroxylation is 2. The average Bonchev–Trinajstić information content (AvgIpc) is 2.98. The Morgan fingerprint density at radius 2 is 2.00 bits per heavy atom. The van der Waals surface area contributed by atoms with E-state index in [2.05, 4.69) is 41.6 Å². The number of methoxy groups -OCH3 is 1. The second-order valence-corrected chi connectivity index (χ2v) is 6.40. The molecule has 0 aliphatic carbocycles. The summed E-state index contributed by atoms with van der Waals surface area (Å²) in [4.78, 5) is 17.7. The summed E-state index contributed by atoms with van der Waals surface area (Å²) in [5, 5.41) is 0. The Morgan fingerprint density at radius 1 is 1.21 bits per heavy atom. The van der Waals surface area contributed by atoms with Gasteiger partial charge in [0.2, 0.25) is 0 Å². The van der Waals surface area contributed by atoms with Crippen LogP contribution in [0.25, 0.3) is 10.2 Å². The van der Waals surface area contributed by atoms with Gasteiger partial charge in [-0.2, -0.15) is 4.99 Å². The number of thiazole rings is 1. The quantitative estimate of drug-likeness (QED) is 0.719. The first kappa shape index (κ1) is 16.5. The number of ether oxygens (including phenoxy) is 1. The predicted octanol–water partition coefficient (Wildman–Crippen LogP) is 4.03. The standard InChI is InChI=1S/C19H20N2O2S/c1-4-13-8-7-11-16-17(13)21(5-2)19(24-16)20-18(22)14-9-6-10-15(12-14)23-3/h6-12H,4-5H2,1-3H3. The lowest BCUT2D eigenvalue weighted by atomic mass is 10.1. The molecule has 3 rings (SSSR count). The molecule has 0 fully saturated rings. The number of benzene rings is 2. The molecule has 1 heterocycles. The van der Waals surface area contributed by atoms with Crippen LogP contribution in [0, 0.1) is 0 Å². The smallest absolute Gasteiger partial charge is 0.279 e. The monoisotopic (exact) mass is 340 g/mol. The largest absolute Gasteiger partial charge is 0.497 e. The molecule has 0 aliphatic heterocycles. The molecule has 4 nitrogen and oxygen atoms in total. The highest BCUT2D eigenvalue weighted by molar-refractivity contribution is 7.16. The summed E-state index contributed by atoms with van der Waals surface area (Å²) in [5.41, 5.74) is 3.00. The number of fused-ring (bicyclic) bond motifs is 1. The van der Waals surface area contributed by atoms with E-state index in [1.165, 1.54) is 11.1 Å². The van der Waals surface area contributed by atoms with Crippen molar-refractivity contribution in [2.45, 2.75) is 26.8 Å². The maximum atomic E-state index is 12.6. The summed E-state index contributed by atoms with van der Waals surface area (Å²) in [6, 6.07) is 13.4. The van der Waals surface area contributed by atoms with Crippen LogP contribution in [0.2, 0.25) is 0 Å². The van der Waals surface area contributed by atoms with E-state index in [-0.39, 0.29) is 5.91 Å². The molecule has 3 aromatic rings. The molecule has 0 unspecified atom stereocenters. The molecule has 0 spiro atoms. The van der Waals surface area contributed by atoms with Gasteiger partial charge in [-0.15, -0.1) is 0 Å². The third kappa shape index (κ3) is 2.99. The van der Waals surface area contributed by atoms with E-state index in [4.69, 9.17) is 4.74 Å². The number of amides is 1. The van der Waals surface area contributed by atoms with Crippen molar-refractivity contribution in [1.82, 2.24) is 4.57 Å². The zero-order valence-electron chi connectivity index (χ0n) is 14.1. The molecule has 0 N–H and O–H groups in total. The van der Waals surface area contributed by atoms with E-state index in [1.54, 1.807) is 36.6 Å². The van der Waals surface area contributed by atoms with Gasteiger partial charge in [0.25, 0.3) is 5.91 Å². The van der Waals surface area contributed by atoms with E-state index < -0.39 is 0 Å². The number of carbonyl (C=O) groups is 1. The normalized spacial score (nSPS) is 11.9. The van der Waals surface area contributed by atoms with Crippen molar-refractivity contribution in [3.63, 3.8) is 0 Å². The van der Waals surface area contributed by atoms with E-state index in [9.17, 15) is 4.79 Å². The van der Waals surface area contributed by atoms with Gasteiger partial charge in [-0.1, -0.05) is 36.5 Å². The molecule has 124 valence electrons. The molecule has 0 saturated heterocycles. The highest BCUT2D eigenvalue weighted by Crippen LogP contribution is 2.22. The van der Waals surface area contributed by atoms with Gasteiger partial charge in [0.05, 0.1) is 17.3 Å². The SMILES string of the molecule is CCc1cccc2sc(=NC(=O)c3cccc(OC)c3)n(CC)c12. The van der Waals surface area contributed by atoms with Crippen molar-refractivity contribution in [2.75, 3.05) is 7.11 Å². The molecule has 1 amide bonds. The Morgan fingerprint density at radius 3 is 2.71 bits per heavy atom. The van der Waals surface area contributed by atoms with Gasteiger partial charge >= 0.3 is 0 Å². The van der Waals surface area contributed by atoms with E-state index in [1.807, 2.05) is 6.07 Å². The summed E-state index contributed by atoms with van der Waals surface area (Å²) < 4.78 is 8.46. The van der Waals surface area contributed by atoms with Crippen LogP contribution < -0.4 is 9.54 Å². The summed E-state index contributed by atoms with van der Waals surface area (Å²) in [6.07, 6.45) is 0.956. The summed E-state index contributed by atoms with van der Waals surface area (Å²) in [7, 11) is 1.59. The Hall–Kier alpha value is -2.40. The molecule has 0 bridgehead atoms. The van der Waals surface area contributed by atoms with Gasteiger partial charge in [-0.3, -0.25) is 4.79 Å². The molecule has 2 aromatic carbocycles. The van der Waals surface area contributed by atoms with Gasteiger partial charge < -0.3 is 9.30 Å². The zero-order valence-corrected chi connectivity index (χ0v) is 14.9. The Kier molecular flexibility index (Phi) is 4.81. The fraction of sp³-hybridized carbons (Fsp3) is 0.263. The molecular weight excluding hydrogens is 320 g/mol. The fourth-order valence-electron chi connectivity index (χ4n) is 2.77. The lowest BCUT2D eigenvalue weighted by Gasteiger charge is -2.05. The number of hydrogen-bond acceptors (Lipinski definition) is 3. The molecular formula is C19H20N2O2S. The number of para-hydroxylation sites is 1. The number of aromatic nitrogens is 1. The lowest BCUT2D eigenvalue weighted by Crippen LogP contribution is -2.16. The third-order valence-corrected chi connectivity index (χ3v) is 5.04. The van der Waals surface area contributed by atoms with Crippen molar-refractivity contribution in [3.05, 3.63) is 58.4 Å². The zero-order chi connectivity index (χ0) is 17.1. The van der Waals surface area contributed by atoms with E-state index >= 15 is 0 Å². The highest BCUT2D eigenvalue weighted by Gasteiger charge is 2.11. The number of hydrogen-bond donors (Lipinski definition) is 0. The molecule has 24 heavy (non-hydrogen) atoms. The Balaban J connectivity index is 2.14. The maximum Gasteiger partial charge on any atom is 0.279 e. The van der Waals surface area contributed by atoms with Gasteiger partial charge in [0, 0.05) is 12.1 Å². The molecule has 0 saturated carbocycles. The van der Waals surface area contributed by atoms with E-state index in [0.717, 1.165) is 22.5 Å².